The summed E-state index contributed by atoms with van der Waals surface area (Å²) in [5.41, 5.74) is 13.1. The first-order valence-electron chi connectivity index (χ1n) is 9.48. The van der Waals surface area contributed by atoms with Crippen molar-refractivity contribution in [1.82, 2.24) is 5.32 Å². The Morgan fingerprint density at radius 1 is 1.14 bits per heavy atom. The Bertz CT molecular complexity index is 873. The molecule has 1 aliphatic rings. The molecule has 0 radical (unpaired) electrons. The maximum Gasteiger partial charge on any atom is 0.407 e. The lowest BCUT2D eigenvalue weighted by atomic mass is 9.98. The van der Waals surface area contributed by atoms with Crippen molar-refractivity contribution in [2.75, 3.05) is 6.61 Å². The minimum Gasteiger partial charge on any atom is -0.449 e. The standard InChI is InChI=1S/C22H23N3O3/c1-2-3-12-20(21(26)13-24-23)25-22(27)28-14-19-17-10-6-4-8-15(17)16-9-5-7-11-18(16)19/h4-11,13,19-20H,2-3,12,14H2,1H3,(H,25,27)/t20-/m1/s1. The van der Waals surface area contributed by atoms with Crippen molar-refractivity contribution >= 4 is 18.1 Å². The number of hydrogen-bond acceptors (Lipinski definition) is 3. The topological polar surface area (TPSA) is 91.8 Å². The maximum atomic E-state index is 12.3. The van der Waals surface area contributed by atoms with Gasteiger partial charge < -0.3 is 15.6 Å². The molecule has 0 bridgehead atoms. The van der Waals surface area contributed by atoms with Crippen molar-refractivity contribution < 1.29 is 19.1 Å². The van der Waals surface area contributed by atoms with Gasteiger partial charge in [0, 0.05) is 5.92 Å². The second kappa shape index (κ2) is 9.11. The van der Waals surface area contributed by atoms with Gasteiger partial charge in [-0.3, -0.25) is 4.79 Å². The number of ether oxygens (including phenoxy) is 1. The molecule has 0 saturated heterocycles. The van der Waals surface area contributed by atoms with Crippen LogP contribution in [0.5, 0.6) is 0 Å². The van der Waals surface area contributed by atoms with E-state index in [4.69, 9.17) is 10.3 Å². The van der Waals surface area contributed by atoms with E-state index in [-0.39, 0.29) is 12.5 Å². The Hall–Kier alpha value is -3.24. The van der Waals surface area contributed by atoms with Gasteiger partial charge in [0.2, 0.25) is 0 Å². The molecule has 0 fully saturated rings. The van der Waals surface area contributed by atoms with E-state index in [1.807, 2.05) is 43.3 Å². The van der Waals surface area contributed by atoms with Crippen LogP contribution < -0.4 is 5.32 Å². The van der Waals surface area contributed by atoms with Crippen molar-refractivity contribution in [1.29, 1.82) is 0 Å². The van der Waals surface area contributed by atoms with Gasteiger partial charge in [0.15, 0.2) is 0 Å². The Balaban J connectivity index is 1.68. The number of nitrogens with zero attached hydrogens (tertiary/aromatic N) is 2. The normalized spacial score (nSPS) is 13.0. The number of alkyl carbamates (subject to hydrolysis) is 1. The van der Waals surface area contributed by atoms with Gasteiger partial charge in [0.25, 0.3) is 5.78 Å². The third-order valence-corrected chi connectivity index (χ3v) is 5.01. The molecule has 28 heavy (non-hydrogen) atoms. The largest absolute Gasteiger partial charge is 0.449 e. The maximum absolute atomic E-state index is 12.3. The molecular weight excluding hydrogens is 354 g/mol. The zero-order valence-corrected chi connectivity index (χ0v) is 15.8. The summed E-state index contributed by atoms with van der Waals surface area (Å²) in [6.45, 7) is 2.18. The summed E-state index contributed by atoms with van der Waals surface area (Å²) in [5, 5.41) is 2.60. The molecule has 1 N–H and O–H groups in total. The van der Waals surface area contributed by atoms with Crippen LogP contribution in [0.25, 0.3) is 16.7 Å². The molecule has 1 aliphatic carbocycles. The van der Waals surface area contributed by atoms with E-state index < -0.39 is 17.9 Å². The number of benzene rings is 2. The molecule has 1 amide bonds. The van der Waals surface area contributed by atoms with Gasteiger partial charge in [0.1, 0.15) is 12.6 Å². The Labute approximate surface area is 164 Å². The summed E-state index contributed by atoms with van der Waals surface area (Å²) in [6.07, 6.45) is 2.27. The third-order valence-electron chi connectivity index (χ3n) is 5.01. The molecule has 6 nitrogen and oxygen atoms in total. The van der Waals surface area contributed by atoms with E-state index in [0.717, 1.165) is 41.3 Å². The lowest BCUT2D eigenvalue weighted by molar-refractivity contribution is -0.118. The van der Waals surface area contributed by atoms with Gasteiger partial charge in [-0.1, -0.05) is 68.3 Å². The number of unbranched alkanes of at least 4 members (excludes halogenated alkanes) is 1. The smallest absolute Gasteiger partial charge is 0.407 e. The summed E-state index contributed by atoms with van der Waals surface area (Å²) in [4.78, 5) is 27.1. The number of amides is 1. The average molecular weight is 377 g/mol. The van der Waals surface area contributed by atoms with Crippen LogP contribution in [-0.4, -0.2) is 35.5 Å². The Morgan fingerprint density at radius 3 is 2.32 bits per heavy atom. The van der Waals surface area contributed by atoms with Crippen molar-refractivity contribution in [3.05, 3.63) is 65.2 Å². The number of Topliss-reactive ketones (excluding diaryl/α,β-unsaturated/α-hetero) is 1. The highest BCUT2D eigenvalue weighted by Gasteiger charge is 2.29. The lowest BCUT2D eigenvalue weighted by Gasteiger charge is -2.17. The molecule has 6 heteroatoms. The lowest BCUT2D eigenvalue weighted by Crippen LogP contribution is -2.42. The molecular formula is C22H23N3O3. The molecule has 0 saturated carbocycles. The van der Waals surface area contributed by atoms with E-state index in [1.54, 1.807) is 0 Å². The van der Waals surface area contributed by atoms with Crippen LogP contribution in [-0.2, 0) is 9.53 Å². The first kappa shape index (κ1) is 19.5. The Morgan fingerprint density at radius 2 is 1.75 bits per heavy atom. The van der Waals surface area contributed by atoms with Gasteiger partial charge in [-0.05, 0) is 28.7 Å². The van der Waals surface area contributed by atoms with Gasteiger partial charge >= 0.3 is 12.3 Å². The number of fused-ring (bicyclic) bond motifs is 3. The summed E-state index contributed by atoms with van der Waals surface area (Å²) in [7, 11) is 0. The zero-order chi connectivity index (χ0) is 19.9. The monoisotopic (exact) mass is 377 g/mol. The van der Waals surface area contributed by atoms with Crippen molar-refractivity contribution in [3.8, 4) is 11.1 Å². The van der Waals surface area contributed by atoms with Crippen LogP contribution in [0.3, 0.4) is 0 Å². The summed E-state index contributed by atoms with van der Waals surface area (Å²) in [5.74, 6) is -0.494. The van der Waals surface area contributed by atoms with Crippen molar-refractivity contribution in [2.45, 2.75) is 38.1 Å². The number of hydrogen-bond donors (Lipinski definition) is 1. The van der Waals surface area contributed by atoms with E-state index >= 15 is 0 Å². The third kappa shape index (κ3) is 4.18. The van der Waals surface area contributed by atoms with Crippen LogP contribution in [0.2, 0.25) is 0 Å². The highest BCUT2D eigenvalue weighted by Crippen LogP contribution is 2.44. The fourth-order valence-electron chi connectivity index (χ4n) is 3.62. The number of carbonyl (C=O) groups excluding carboxylic acids is 2. The van der Waals surface area contributed by atoms with Gasteiger partial charge in [-0.25, -0.2) is 4.79 Å². The molecule has 144 valence electrons. The number of ketones is 1. The molecule has 0 spiro atoms. The predicted octanol–water partition coefficient (Wildman–Crippen LogP) is 3.95. The molecule has 3 rings (SSSR count). The summed E-state index contributed by atoms with van der Waals surface area (Å²) in [6, 6.07) is 15.4. The second-order valence-corrected chi connectivity index (χ2v) is 6.81. The highest BCUT2D eigenvalue weighted by molar-refractivity contribution is 6.28. The zero-order valence-electron chi connectivity index (χ0n) is 15.8. The molecule has 1 atom stereocenters. The van der Waals surface area contributed by atoms with Gasteiger partial charge in [-0.2, -0.15) is 4.79 Å². The van der Waals surface area contributed by atoms with Gasteiger partial charge in [-0.15, -0.1) is 0 Å². The van der Waals surface area contributed by atoms with Gasteiger partial charge in [0.05, 0.1) is 0 Å². The van der Waals surface area contributed by atoms with Crippen LogP contribution >= 0.6 is 0 Å². The van der Waals surface area contributed by atoms with E-state index in [2.05, 4.69) is 22.2 Å². The van der Waals surface area contributed by atoms with Crippen molar-refractivity contribution in [3.63, 3.8) is 0 Å². The summed E-state index contributed by atoms with van der Waals surface area (Å²) >= 11 is 0. The van der Waals surface area contributed by atoms with Crippen LogP contribution in [0.4, 0.5) is 4.79 Å². The van der Waals surface area contributed by atoms with Crippen LogP contribution in [0.1, 0.15) is 43.2 Å². The second-order valence-electron chi connectivity index (χ2n) is 6.81. The predicted molar refractivity (Wildman–Crippen MR) is 106 cm³/mol. The molecule has 0 heterocycles. The fourth-order valence-corrected chi connectivity index (χ4v) is 3.62. The molecule has 0 aliphatic heterocycles. The Kier molecular flexibility index (Phi) is 6.35. The van der Waals surface area contributed by atoms with Crippen LogP contribution in [0, 0.1) is 0 Å². The number of rotatable bonds is 8. The first-order valence-corrected chi connectivity index (χ1v) is 9.48. The van der Waals surface area contributed by atoms with E-state index in [1.165, 1.54) is 0 Å². The first-order chi connectivity index (χ1) is 13.7. The molecule has 2 aromatic carbocycles. The fraction of sp³-hybridized carbons (Fsp3) is 0.318. The van der Waals surface area contributed by atoms with Crippen LogP contribution in [0.15, 0.2) is 48.5 Å². The number of nitrogens with one attached hydrogen (secondary N) is 1. The van der Waals surface area contributed by atoms with Crippen molar-refractivity contribution in [2.24, 2.45) is 0 Å². The minimum absolute atomic E-state index is 0.0399. The molecule has 0 unspecified atom stereocenters. The van der Waals surface area contributed by atoms with E-state index in [0.29, 0.717) is 6.42 Å². The SMILES string of the molecule is CCCC[C@@H](NC(=O)OCC1c2ccccc2-c2ccccc21)C(=O)C=[N+]=[N-]. The quantitative estimate of drug-likeness (QED) is 0.429. The molecule has 2 aromatic rings. The van der Waals surface area contributed by atoms with E-state index in [9.17, 15) is 9.59 Å². The highest BCUT2D eigenvalue weighted by atomic mass is 16.5. The number of carbonyl (C=O) groups is 2. The average Bonchev–Trinajstić information content (AvgIpc) is 3.03. The summed E-state index contributed by atoms with van der Waals surface area (Å²) < 4.78 is 5.47. The minimum atomic E-state index is -0.758. The molecule has 0 aromatic heterocycles.